The van der Waals surface area contributed by atoms with Gasteiger partial charge in [0.05, 0.1) is 0 Å². The smallest absolute Gasteiger partial charge is 0.493 e. The number of hydrogen-bond acceptors (Lipinski definition) is 0. The first-order chi connectivity index (χ1) is 28.0. The van der Waals surface area contributed by atoms with Gasteiger partial charge >= 0.3 is 16.5 Å². The Morgan fingerprint density at radius 2 is 0.931 bits per heavy atom. The van der Waals surface area contributed by atoms with Crippen LogP contribution in [0.2, 0.25) is 0 Å². The molecular weight excluding hydrogens is 747 g/mol. The number of benzene rings is 2. The molecule has 0 N–H and O–H groups in total. The van der Waals surface area contributed by atoms with Gasteiger partial charge in [0.1, 0.15) is 0 Å². The largest absolute Gasteiger partial charge is 2.00 e. The second-order valence-electron chi connectivity index (χ2n) is 16.4. The molecule has 1 aliphatic heterocycles. The van der Waals surface area contributed by atoms with E-state index in [-0.39, 0.29) is 16.5 Å². The van der Waals surface area contributed by atoms with Gasteiger partial charge in [-0.2, -0.15) is 12.8 Å². The molecule has 3 rings (SSSR count). The first kappa shape index (κ1) is 55.8. The third-order valence-corrected chi connectivity index (χ3v) is 11.2. The molecule has 0 saturated heterocycles. The van der Waals surface area contributed by atoms with Crippen molar-refractivity contribution >= 4 is 11.4 Å². The van der Waals surface area contributed by atoms with E-state index in [0.717, 1.165) is 81.2 Å². The maximum atomic E-state index is 12.2. The Morgan fingerprint density at radius 1 is 0.466 bits per heavy atom. The van der Waals surface area contributed by atoms with Crippen molar-refractivity contribution < 1.29 is 21.2 Å². The van der Waals surface area contributed by atoms with E-state index in [1.54, 1.807) is 4.70 Å². The van der Waals surface area contributed by atoms with Crippen LogP contribution in [0.4, 0.5) is 0 Å². The summed E-state index contributed by atoms with van der Waals surface area (Å²) < 4.78 is 1.60. The molecule has 1 heterocycles. The van der Waals surface area contributed by atoms with Gasteiger partial charge < -0.3 is 19.4 Å². The van der Waals surface area contributed by atoms with E-state index >= 15 is 0 Å². The molecule has 0 unspecified atom stereocenters. The van der Waals surface area contributed by atoms with Crippen LogP contribution in [-0.2, 0) is 29.3 Å². The maximum Gasteiger partial charge on any atom is 2.00 e. The Hall–Kier alpha value is -2.25. The van der Waals surface area contributed by atoms with Crippen molar-refractivity contribution in [2.45, 2.75) is 228 Å². The van der Waals surface area contributed by atoms with Crippen molar-refractivity contribution in [1.82, 2.24) is 0 Å². The quantitative estimate of drug-likeness (QED) is 0.0246. The van der Waals surface area contributed by atoms with E-state index < -0.39 is 0 Å². The molecule has 2 aromatic carbocycles. The Kier molecular flexibility index (Phi) is 37.4. The molecule has 0 spiro atoms. The van der Waals surface area contributed by atoms with Crippen molar-refractivity contribution in [3.05, 3.63) is 113 Å². The van der Waals surface area contributed by atoms with Crippen molar-refractivity contribution in [2.24, 2.45) is 0 Å². The van der Waals surface area contributed by atoms with E-state index in [9.17, 15) is 5.53 Å². The summed E-state index contributed by atoms with van der Waals surface area (Å²) in [6.07, 6.45) is 40.2. The monoisotopic (exact) mass is 837 g/mol. The molecule has 58 heavy (non-hydrogen) atoms. The first-order valence-electron chi connectivity index (χ1n) is 24.4. The number of nitrogens with zero attached hydrogens (tertiary/aromatic N) is 2. The molecule has 3 heteroatoms. The Balaban J connectivity index is 0.00000263. The molecule has 330 valence electrons. The minimum absolute atomic E-state index is 0. The predicted molar refractivity (Wildman–Crippen MR) is 256 cm³/mol. The second-order valence-corrected chi connectivity index (χ2v) is 16.4. The predicted octanol–water partition coefficient (Wildman–Crippen LogP) is 18.8. The van der Waals surface area contributed by atoms with Gasteiger partial charge in [-0.25, -0.2) is 4.70 Å². The van der Waals surface area contributed by atoms with Gasteiger partial charge in [0.15, 0.2) is 0 Å². The van der Waals surface area contributed by atoms with Crippen LogP contribution in [0.5, 0.6) is 0 Å². The average Bonchev–Trinajstić information content (AvgIpc) is 3.50. The molecule has 0 amide bonds. The zero-order valence-electron chi connectivity index (χ0n) is 38.9. The SMILES string of the molecule is CCCCCCC=CCCCc1ccccc1C1=C(CCCCCCCC)C(CCCC)=C(c2ccc(CCCCCC)cc2)[N+]1=[N-].[CH2-]CCCC.[CH2-]CCCC.[Ni+2]. The van der Waals surface area contributed by atoms with Gasteiger partial charge in [-0.05, 0) is 100.0 Å². The van der Waals surface area contributed by atoms with Crippen LogP contribution in [0.25, 0.3) is 16.9 Å². The van der Waals surface area contributed by atoms with Gasteiger partial charge in [0, 0.05) is 22.3 Å². The minimum Gasteiger partial charge on any atom is -0.493 e. The fraction of sp³-hybridized carbons (Fsp3) is 0.636. The molecular formula is C55H90N2Ni. The summed E-state index contributed by atoms with van der Waals surface area (Å²) in [4.78, 5) is 0. The van der Waals surface area contributed by atoms with E-state index in [4.69, 9.17) is 0 Å². The molecule has 1 aliphatic rings. The van der Waals surface area contributed by atoms with Crippen LogP contribution in [0.1, 0.15) is 237 Å². The number of hydrogen-bond donors (Lipinski definition) is 0. The summed E-state index contributed by atoms with van der Waals surface area (Å²) in [6.45, 7) is 20.8. The van der Waals surface area contributed by atoms with Crippen molar-refractivity contribution in [1.29, 1.82) is 0 Å². The molecule has 0 saturated carbocycles. The molecule has 0 aliphatic carbocycles. The van der Waals surface area contributed by atoms with Gasteiger partial charge in [-0.3, -0.25) is 0 Å². The molecule has 0 radical (unpaired) electrons. The fourth-order valence-corrected chi connectivity index (χ4v) is 7.59. The summed E-state index contributed by atoms with van der Waals surface area (Å²) in [6, 6.07) is 18.0. The number of unbranched alkanes of at least 4 members (excludes halogenated alkanes) is 18. The van der Waals surface area contributed by atoms with Crippen molar-refractivity contribution in [3.8, 4) is 0 Å². The molecule has 2 nitrogen and oxygen atoms in total. The van der Waals surface area contributed by atoms with E-state index in [0.29, 0.717) is 0 Å². The van der Waals surface area contributed by atoms with Gasteiger partial charge in [0.25, 0.3) is 0 Å². The standard InChI is InChI=1S/C45H68N2.2C5H11.Ni/c1-5-9-13-16-18-19-20-21-24-29-39-30-26-27-32-41(39)45-43(33-25-22-17-14-10-6-2)42(31-12-8-4)44(47(45)46)40-36-34-38(35-37-40)28-23-15-11-7-3;2*1-3-5-4-2;/h19-20,26-27,30,32,34-37H,5-18,21-25,28-29,31,33H2,1-4H3;2*1,3-5H2,2H3;/q;2*-1;+2. The van der Waals surface area contributed by atoms with Gasteiger partial charge in [-0.15, -0.1) is 0 Å². The average molecular weight is 838 g/mol. The van der Waals surface area contributed by atoms with Crippen LogP contribution in [0.15, 0.2) is 71.8 Å². The summed E-state index contributed by atoms with van der Waals surface area (Å²) in [5, 5.41) is 0. The van der Waals surface area contributed by atoms with Crippen LogP contribution in [-0.4, -0.2) is 4.70 Å². The molecule has 0 atom stereocenters. The summed E-state index contributed by atoms with van der Waals surface area (Å²) in [5.41, 5.74) is 22.2. The Labute approximate surface area is 372 Å². The Bertz CT molecular complexity index is 1350. The number of aryl methyl sites for hydroxylation is 2. The van der Waals surface area contributed by atoms with E-state index in [2.05, 4.69) is 116 Å². The third kappa shape index (κ3) is 23.5. The number of rotatable bonds is 30. The zero-order chi connectivity index (χ0) is 41.8. The van der Waals surface area contributed by atoms with E-state index in [1.807, 2.05) is 0 Å². The summed E-state index contributed by atoms with van der Waals surface area (Å²) >= 11 is 0. The Morgan fingerprint density at radius 3 is 1.50 bits per heavy atom. The second kappa shape index (κ2) is 38.9. The van der Waals surface area contributed by atoms with Crippen LogP contribution in [0, 0.1) is 13.8 Å². The molecule has 0 aromatic heterocycles. The molecule has 2 aromatic rings. The van der Waals surface area contributed by atoms with Crippen LogP contribution in [0.3, 0.4) is 0 Å². The van der Waals surface area contributed by atoms with Crippen LogP contribution < -0.4 is 0 Å². The molecule has 0 fully saturated rings. The van der Waals surface area contributed by atoms with Crippen molar-refractivity contribution in [3.63, 3.8) is 0 Å². The maximum absolute atomic E-state index is 12.2. The topological polar surface area (TPSA) is 25.3 Å². The van der Waals surface area contributed by atoms with Crippen LogP contribution >= 0.6 is 0 Å². The van der Waals surface area contributed by atoms with Gasteiger partial charge in [0.2, 0.25) is 11.4 Å². The summed E-state index contributed by atoms with van der Waals surface area (Å²) in [5.74, 6) is 0. The van der Waals surface area contributed by atoms with Crippen molar-refractivity contribution in [2.75, 3.05) is 0 Å². The number of allylic oxidation sites excluding steroid dienone is 4. The van der Waals surface area contributed by atoms with Gasteiger partial charge in [-0.1, -0.05) is 187 Å². The summed E-state index contributed by atoms with van der Waals surface area (Å²) in [7, 11) is 0. The fourth-order valence-electron chi connectivity index (χ4n) is 7.59. The molecule has 0 bridgehead atoms. The first-order valence-corrected chi connectivity index (χ1v) is 24.4. The minimum atomic E-state index is 0. The van der Waals surface area contributed by atoms with E-state index in [1.165, 1.54) is 150 Å². The normalized spacial score (nSPS) is 12.4. The zero-order valence-corrected chi connectivity index (χ0v) is 39.9. The third-order valence-electron chi connectivity index (χ3n) is 11.2.